The first-order valence-corrected chi connectivity index (χ1v) is 7.52. The lowest BCUT2D eigenvalue weighted by atomic mass is 10.0. The zero-order valence-electron chi connectivity index (χ0n) is 13.3. The number of benzene rings is 1. The van der Waals surface area contributed by atoms with Crippen LogP contribution in [0.2, 0.25) is 0 Å². The average Bonchev–Trinajstić information content (AvgIpc) is 2.48. The lowest BCUT2D eigenvalue weighted by Crippen LogP contribution is -2.47. The first kappa shape index (κ1) is 18.7. The normalized spacial score (nSPS) is 18.4. The Morgan fingerprint density at radius 1 is 1.45 bits per heavy atom. The van der Waals surface area contributed by atoms with Crippen molar-refractivity contribution < 1.29 is 9.53 Å². The number of methoxy groups -OCH3 is 1. The van der Waals surface area contributed by atoms with Gasteiger partial charge in [0.1, 0.15) is 5.75 Å². The fraction of sp³-hybridized carbons (Fsp3) is 0.562. The van der Waals surface area contributed by atoms with E-state index in [0.29, 0.717) is 24.9 Å². The van der Waals surface area contributed by atoms with Gasteiger partial charge in [0.15, 0.2) is 0 Å². The van der Waals surface area contributed by atoms with Gasteiger partial charge in [-0.15, -0.1) is 12.4 Å². The third kappa shape index (κ3) is 4.87. The molecule has 1 atom stereocenters. The minimum absolute atomic E-state index is 0. The molecule has 124 valence electrons. The van der Waals surface area contributed by atoms with Gasteiger partial charge in [0.05, 0.1) is 19.3 Å². The van der Waals surface area contributed by atoms with E-state index in [-0.39, 0.29) is 18.3 Å². The minimum Gasteiger partial charge on any atom is -0.495 e. The largest absolute Gasteiger partial charge is 0.495 e. The summed E-state index contributed by atoms with van der Waals surface area (Å²) in [5.74, 6) is 0.669. The molecule has 1 saturated heterocycles. The Bertz CT molecular complexity index is 496. The molecule has 0 bridgehead atoms. The molecule has 2 rings (SSSR count). The Balaban J connectivity index is 0.00000242. The Morgan fingerprint density at radius 2 is 2.23 bits per heavy atom. The second-order valence-electron chi connectivity index (χ2n) is 5.61. The van der Waals surface area contributed by atoms with Gasteiger partial charge in [-0.25, -0.2) is 0 Å². The quantitative estimate of drug-likeness (QED) is 0.870. The Kier molecular flexibility index (Phi) is 7.65. The van der Waals surface area contributed by atoms with Crippen LogP contribution in [0.15, 0.2) is 18.2 Å². The number of rotatable bonds is 5. The summed E-state index contributed by atoms with van der Waals surface area (Å²) in [7, 11) is 1.61. The number of piperidine rings is 1. The summed E-state index contributed by atoms with van der Waals surface area (Å²) in [5, 5.41) is 2.95. The van der Waals surface area contributed by atoms with Crippen LogP contribution >= 0.6 is 12.4 Å². The van der Waals surface area contributed by atoms with E-state index in [0.717, 1.165) is 30.6 Å². The Morgan fingerprint density at radius 3 is 2.91 bits per heavy atom. The smallest absolute Gasteiger partial charge is 0.238 e. The van der Waals surface area contributed by atoms with E-state index in [1.165, 1.54) is 6.42 Å². The molecular weight excluding hydrogens is 302 g/mol. The number of hydrogen-bond acceptors (Lipinski definition) is 4. The highest BCUT2D eigenvalue weighted by molar-refractivity contribution is 5.93. The number of nitrogens with one attached hydrogen (secondary N) is 1. The van der Waals surface area contributed by atoms with E-state index in [1.807, 2.05) is 25.1 Å². The lowest BCUT2D eigenvalue weighted by Gasteiger charge is -2.34. The van der Waals surface area contributed by atoms with Gasteiger partial charge in [0, 0.05) is 12.6 Å². The van der Waals surface area contributed by atoms with Crippen molar-refractivity contribution in [3.63, 3.8) is 0 Å². The number of carbonyl (C=O) groups is 1. The maximum absolute atomic E-state index is 12.3. The number of anilines is 1. The van der Waals surface area contributed by atoms with E-state index < -0.39 is 0 Å². The number of amides is 1. The first-order chi connectivity index (χ1) is 10.1. The van der Waals surface area contributed by atoms with Gasteiger partial charge in [0.25, 0.3) is 0 Å². The van der Waals surface area contributed by atoms with Crippen molar-refractivity contribution in [2.45, 2.75) is 32.2 Å². The van der Waals surface area contributed by atoms with E-state index >= 15 is 0 Å². The zero-order chi connectivity index (χ0) is 15.2. The van der Waals surface area contributed by atoms with Gasteiger partial charge in [-0.3, -0.25) is 9.69 Å². The van der Waals surface area contributed by atoms with Gasteiger partial charge in [-0.1, -0.05) is 12.5 Å². The SMILES string of the molecule is COc1ccc(C)cc1NC(=O)CN1CCCCC1CN.Cl. The predicted molar refractivity (Wildman–Crippen MR) is 91.9 cm³/mol. The molecule has 5 nitrogen and oxygen atoms in total. The van der Waals surface area contributed by atoms with Crippen LogP contribution < -0.4 is 15.8 Å². The molecule has 22 heavy (non-hydrogen) atoms. The molecule has 1 fully saturated rings. The van der Waals surface area contributed by atoms with Crippen molar-refractivity contribution in [2.75, 3.05) is 32.1 Å². The van der Waals surface area contributed by atoms with Crippen molar-refractivity contribution in [3.8, 4) is 5.75 Å². The first-order valence-electron chi connectivity index (χ1n) is 7.52. The molecule has 0 saturated carbocycles. The van der Waals surface area contributed by atoms with Crippen LogP contribution in [0.1, 0.15) is 24.8 Å². The molecule has 1 aliphatic heterocycles. The Labute approximate surface area is 138 Å². The summed E-state index contributed by atoms with van der Waals surface area (Å²) >= 11 is 0. The van der Waals surface area contributed by atoms with Crippen LogP contribution in [0.5, 0.6) is 5.75 Å². The highest BCUT2D eigenvalue weighted by atomic mass is 35.5. The topological polar surface area (TPSA) is 67.6 Å². The standard InChI is InChI=1S/C16H25N3O2.ClH/c1-12-6-7-15(21-2)14(9-12)18-16(20)11-19-8-4-3-5-13(19)10-17;/h6-7,9,13H,3-5,8,10-11,17H2,1-2H3,(H,18,20);1H. The molecule has 1 amide bonds. The molecule has 1 unspecified atom stereocenters. The van der Waals surface area contributed by atoms with Crippen LogP contribution in [0, 0.1) is 6.92 Å². The molecule has 3 N–H and O–H groups in total. The van der Waals surface area contributed by atoms with Gasteiger partial charge in [-0.05, 0) is 44.0 Å². The second kappa shape index (κ2) is 8.98. The van der Waals surface area contributed by atoms with E-state index in [4.69, 9.17) is 10.5 Å². The molecule has 6 heteroatoms. The summed E-state index contributed by atoms with van der Waals surface area (Å²) in [6.07, 6.45) is 3.42. The van der Waals surface area contributed by atoms with E-state index in [2.05, 4.69) is 10.2 Å². The maximum Gasteiger partial charge on any atom is 0.238 e. The number of carbonyl (C=O) groups excluding carboxylic acids is 1. The number of aryl methyl sites for hydroxylation is 1. The molecule has 1 aliphatic rings. The number of nitrogens with two attached hydrogens (primary N) is 1. The number of hydrogen-bond donors (Lipinski definition) is 2. The number of ether oxygens (including phenoxy) is 1. The zero-order valence-corrected chi connectivity index (χ0v) is 14.1. The molecule has 0 spiro atoms. The summed E-state index contributed by atoms with van der Waals surface area (Å²) in [5.41, 5.74) is 7.61. The second-order valence-corrected chi connectivity index (χ2v) is 5.61. The van der Waals surface area contributed by atoms with Crippen LogP contribution in [0.3, 0.4) is 0 Å². The van der Waals surface area contributed by atoms with Gasteiger partial charge in [0.2, 0.25) is 5.91 Å². The van der Waals surface area contributed by atoms with Gasteiger partial charge < -0.3 is 15.8 Å². The van der Waals surface area contributed by atoms with Crippen molar-refractivity contribution in [2.24, 2.45) is 5.73 Å². The van der Waals surface area contributed by atoms with E-state index in [1.54, 1.807) is 7.11 Å². The van der Waals surface area contributed by atoms with Crippen molar-refractivity contribution in [1.29, 1.82) is 0 Å². The third-order valence-corrected chi connectivity index (χ3v) is 4.00. The maximum atomic E-state index is 12.3. The van der Waals surface area contributed by atoms with Crippen molar-refractivity contribution in [1.82, 2.24) is 4.90 Å². The van der Waals surface area contributed by atoms with Crippen molar-refractivity contribution in [3.05, 3.63) is 23.8 Å². The number of nitrogens with zero attached hydrogens (tertiary/aromatic N) is 1. The molecule has 1 aromatic carbocycles. The van der Waals surface area contributed by atoms with Crippen LogP contribution in [0.25, 0.3) is 0 Å². The van der Waals surface area contributed by atoms with Gasteiger partial charge >= 0.3 is 0 Å². The van der Waals surface area contributed by atoms with Crippen LogP contribution in [-0.2, 0) is 4.79 Å². The van der Waals surface area contributed by atoms with Crippen LogP contribution in [0.4, 0.5) is 5.69 Å². The molecule has 1 heterocycles. The fourth-order valence-corrected chi connectivity index (χ4v) is 2.83. The fourth-order valence-electron chi connectivity index (χ4n) is 2.83. The van der Waals surface area contributed by atoms with Gasteiger partial charge in [-0.2, -0.15) is 0 Å². The third-order valence-electron chi connectivity index (χ3n) is 4.00. The molecule has 0 aromatic heterocycles. The summed E-state index contributed by atoms with van der Waals surface area (Å²) < 4.78 is 5.29. The highest BCUT2D eigenvalue weighted by Gasteiger charge is 2.23. The summed E-state index contributed by atoms with van der Waals surface area (Å²) in [4.78, 5) is 14.5. The Hall–Kier alpha value is -1.30. The molecular formula is C16H26ClN3O2. The minimum atomic E-state index is -0.0146. The molecule has 0 aliphatic carbocycles. The highest BCUT2D eigenvalue weighted by Crippen LogP contribution is 2.25. The molecule has 1 aromatic rings. The van der Waals surface area contributed by atoms with Crippen molar-refractivity contribution >= 4 is 24.0 Å². The summed E-state index contributed by atoms with van der Waals surface area (Å²) in [6, 6.07) is 6.08. The number of likely N-dealkylation sites (tertiary alicyclic amines) is 1. The number of halogens is 1. The monoisotopic (exact) mass is 327 g/mol. The predicted octanol–water partition coefficient (Wildman–Crippen LogP) is 2.18. The average molecular weight is 328 g/mol. The molecule has 0 radical (unpaired) electrons. The van der Waals surface area contributed by atoms with E-state index in [9.17, 15) is 4.79 Å². The van der Waals surface area contributed by atoms with Crippen LogP contribution in [-0.4, -0.2) is 43.6 Å². The lowest BCUT2D eigenvalue weighted by molar-refractivity contribution is -0.118. The summed E-state index contributed by atoms with van der Waals surface area (Å²) in [6.45, 7) is 3.93.